The van der Waals surface area contributed by atoms with E-state index in [1.54, 1.807) is 17.5 Å². The van der Waals surface area contributed by atoms with Gasteiger partial charge in [-0.15, -0.1) is 11.3 Å². The third-order valence-electron chi connectivity index (χ3n) is 2.57. The lowest BCUT2D eigenvalue weighted by atomic mass is 10.4. The van der Waals surface area contributed by atoms with Crippen molar-refractivity contribution in [1.29, 1.82) is 0 Å². The zero-order valence-electron chi connectivity index (χ0n) is 9.72. The van der Waals surface area contributed by atoms with Gasteiger partial charge >= 0.3 is 0 Å². The van der Waals surface area contributed by atoms with E-state index in [0.717, 1.165) is 22.6 Å². The number of aryl methyl sites for hydroxylation is 1. The molecular formula is C12H11BrN4S. The first kappa shape index (κ1) is 11.7. The van der Waals surface area contributed by atoms with E-state index in [-0.39, 0.29) is 0 Å². The average Bonchev–Trinajstić information content (AvgIpc) is 2.94. The van der Waals surface area contributed by atoms with Crippen LogP contribution in [0.25, 0.3) is 5.65 Å². The first-order valence-electron chi connectivity index (χ1n) is 5.51. The molecular weight excluding hydrogens is 312 g/mol. The molecule has 1 N–H and O–H groups in total. The number of aromatic nitrogens is 3. The second kappa shape index (κ2) is 4.70. The molecule has 0 saturated heterocycles. The summed E-state index contributed by atoms with van der Waals surface area (Å²) in [5.74, 6) is 0.792. The van der Waals surface area contributed by atoms with Crippen molar-refractivity contribution < 1.29 is 0 Å². The Morgan fingerprint density at radius 1 is 1.44 bits per heavy atom. The highest BCUT2D eigenvalue weighted by Gasteiger charge is 2.06. The molecule has 0 amide bonds. The Morgan fingerprint density at radius 2 is 2.33 bits per heavy atom. The van der Waals surface area contributed by atoms with Crippen LogP contribution in [-0.4, -0.2) is 14.4 Å². The van der Waals surface area contributed by atoms with Crippen molar-refractivity contribution >= 4 is 38.7 Å². The number of nitrogens with one attached hydrogen (secondary N) is 1. The Labute approximate surface area is 117 Å². The topological polar surface area (TPSA) is 42.2 Å². The van der Waals surface area contributed by atoms with E-state index >= 15 is 0 Å². The largest absolute Gasteiger partial charge is 0.362 e. The van der Waals surface area contributed by atoms with Crippen molar-refractivity contribution in [2.24, 2.45) is 0 Å². The van der Waals surface area contributed by atoms with Gasteiger partial charge in [-0.25, -0.2) is 9.97 Å². The lowest BCUT2D eigenvalue weighted by Crippen LogP contribution is -2.03. The highest BCUT2D eigenvalue weighted by molar-refractivity contribution is 9.10. The van der Waals surface area contributed by atoms with Crippen LogP contribution in [0.2, 0.25) is 0 Å². The summed E-state index contributed by atoms with van der Waals surface area (Å²) in [5.41, 5.74) is 0.839. The van der Waals surface area contributed by atoms with E-state index in [1.807, 2.05) is 16.8 Å². The molecule has 3 heterocycles. The quantitative estimate of drug-likeness (QED) is 0.802. The Bertz CT molecular complexity index is 688. The molecule has 0 radical (unpaired) electrons. The summed E-state index contributed by atoms with van der Waals surface area (Å²) in [4.78, 5) is 11.3. The molecule has 92 valence electrons. The molecule has 4 nitrogen and oxygen atoms in total. The van der Waals surface area contributed by atoms with Crippen molar-refractivity contribution in [3.05, 3.63) is 45.1 Å². The number of thiophene rings is 1. The summed E-state index contributed by atoms with van der Waals surface area (Å²) in [7, 11) is 0. The van der Waals surface area contributed by atoms with E-state index in [0.29, 0.717) is 0 Å². The van der Waals surface area contributed by atoms with Gasteiger partial charge in [0.05, 0.1) is 6.54 Å². The van der Waals surface area contributed by atoms with Crippen molar-refractivity contribution in [2.45, 2.75) is 13.5 Å². The number of nitrogens with zero attached hydrogens (tertiary/aromatic N) is 3. The van der Waals surface area contributed by atoms with Crippen LogP contribution in [0.15, 0.2) is 35.3 Å². The van der Waals surface area contributed by atoms with Crippen LogP contribution in [0.4, 0.5) is 5.82 Å². The van der Waals surface area contributed by atoms with Crippen molar-refractivity contribution in [1.82, 2.24) is 14.4 Å². The minimum Gasteiger partial charge on any atom is -0.362 e. The molecule has 18 heavy (non-hydrogen) atoms. The number of imidazole rings is 1. The smallest absolute Gasteiger partial charge is 0.180 e. The predicted molar refractivity (Wildman–Crippen MR) is 77.1 cm³/mol. The van der Waals surface area contributed by atoms with Gasteiger partial charge in [0.2, 0.25) is 0 Å². The van der Waals surface area contributed by atoms with Crippen LogP contribution >= 0.6 is 27.3 Å². The minimum atomic E-state index is 0.768. The molecule has 0 unspecified atom stereocenters. The van der Waals surface area contributed by atoms with E-state index in [4.69, 9.17) is 0 Å². The zero-order valence-corrected chi connectivity index (χ0v) is 12.1. The van der Waals surface area contributed by atoms with Gasteiger partial charge in [-0.3, -0.25) is 0 Å². The molecule has 0 aliphatic rings. The van der Waals surface area contributed by atoms with Gasteiger partial charge in [0.15, 0.2) is 11.5 Å². The number of hydrogen-bond acceptors (Lipinski definition) is 4. The number of fused-ring (bicyclic) bond motifs is 1. The summed E-state index contributed by atoms with van der Waals surface area (Å²) in [5, 5.41) is 3.33. The highest BCUT2D eigenvalue weighted by Crippen LogP contribution is 2.20. The molecule has 0 aliphatic carbocycles. The summed E-state index contributed by atoms with van der Waals surface area (Å²) in [6, 6.07) is 4.26. The Balaban J connectivity index is 1.87. The second-order valence-corrected chi connectivity index (χ2v) is 6.12. The molecule has 3 aromatic heterocycles. The predicted octanol–water partition coefficient (Wildman–Crippen LogP) is 3.47. The molecule has 0 bridgehead atoms. The van der Waals surface area contributed by atoms with Gasteiger partial charge < -0.3 is 9.72 Å². The SMILES string of the molecule is Cc1ccc(CNc2nc(Br)cn3ccnc23)s1. The third kappa shape index (κ3) is 2.26. The van der Waals surface area contributed by atoms with Crippen LogP contribution in [0.5, 0.6) is 0 Å². The molecule has 0 aliphatic heterocycles. The fourth-order valence-corrected chi connectivity index (χ4v) is 3.00. The third-order valence-corrected chi connectivity index (χ3v) is 3.95. The van der Waals surface area contributed by atoms with Crippen LogP contribution < -0.4 is 5.32 Å². The first-order valence-corrected chi connectivity index (χ1v) is 7.12. The summed E-state index contributed by atoms with van der Waals surface area (Å²) in [6.45, 7) is 2.88. The lowest BCUT2D eigenvalue weighted by Gasteiger charge is -2.06. The maximum Gasteiger partial charge on any atom is 0.180 e. The molecule has 3 aromatic rings. The first-order chi connectivity index (χ1) is 8.72. The van der Waals surface area contributed by atoms with E-state index in [2.05, 4.69) is 50.3 Å². The maximum absolute atomic E-state index is 4.42. The molecule has 0 spiro atoms. The van der Waals surface area contributed by atoms with Crippen molar-refractivity contribution in [2.75, 3.05) is 5.32 Å². The fourth-order valence-electron chi connectivity index (χ4n) is 1.77. The van der Waals surface area contributed by atoms with Crippen LogP contribution in [0, 0.1) is 6.92 Å². The molecule has 3 rings (SSSR count). The maximum atomic E-state index is 4.42. The van der Waals surface area contributed by atoms with Gasteiger partial charge in [-0.1, -0.05) is 0 Å². The van der Waals surface area contributed by atoms with E-state index < -0.39 is 0 Å². The van der Waals surface area contributed by atoms with Crippen LogP contribution in [0.1, 0.15) is 9.75 Å². The van der Waals surface area contributed by atoms with Crippen LogP contribution in [-0.2, 0) is 6.54 Å². The van der Waals surface area contributed by atoms with E-state index in [9.17, 15) is 0 Å². The average molecular weight is 323 g/mol. The Hall–Kier alpha value is -1.40. The van der Waals surface area contributed by atoms with E-state index in [1.165, 1.54) is 9.75 Å². The summed E-state index contributed by atoms with van der Waals surface area (Å²) >= 11 is 5.19. The number of rotatable bonds is 3. The fraction of sp³-hybridized carbons (Fsp3) is 0.167. The normalized spacial score (nSPS) is 11.0. The highest BCUT2D eigenvalue weighted by atomic mass is 79.9. The van der Waals surface area contributed by atoms with Gasteiger partial charge in [0.25, 0.3) is 0 Å². The summed E-state index contributed by atoms with van der Waals surface area (Å²) in [6.07, 6.45) is 5.56. The second-order valence-electron chi connectivity index (χ2n) is 3.94. The number of anilines is 1. The van der Waals surface area contributed by atoms with Crippen LogP contribution in [0.3, 0.4) is 0 Å². The Morgan fingerprint density at radius 3 is 3.11 bits per heavy atom. The zero-order chi connectivity index (χ0) is 12.5. The van der Waals surface area contributed by atoms with Gasteiger partial charge in [0, 0.05) is 28.3 Å². The molecule has 0 atom stereocenters. The van der Waals surface area contributed by atoms with Gasteiger partial charge in [0.1, 0.15) is 4.60 Å². The Kier molecular flexibility index (Phi) is 3.05. The minimum absolute atomic E-state index is 0.768. The standard InChI is InChI=1S/C12H11BrN4S/c1-8-2-3-9(18-8)6-15-11-12-14-4-5-17(12)7-10(13)16-11/h2-5,7H,6H2,1H3,(H,15,16). The monoisotopic (exact) mass is 322 g/mol. The number of halogens is 1. The molecule has 0 aromatic carbocycles. The van der Waals surface area contributed by atoms with Crippen molar-refractivity contribution in [3.8, 4) is 0 Å². The number of hydrogen-bond donors (Lipinski definition) is 1. The lowest BCUT2D eigenvalue weighted by molar-refractivity contribution is 1.06. The molecule has 0 fully saturated rings. The van der Waals surface area contributed by atoms with Gasteiger partial charge in [-0.2, -0.15) is 0 Å². The van der Waals surface area contributed by atoms with Gasteiger partial charge in [-0.05, 0) is 35.0 Å². The molecule has 0 saturated carbocycles. The molecule has 6 heteroatoms. The van der Waals surface area contributed by atoms with Crippen molar-refractivity contribution in [3.63, 3.8) is 0 Å². The summed E-state index contributed by atoms with van der Waals surface area (Å²) < 4.78 is 2.73.